The van der Waals surface area contributed by atoms with Crippen LogP contribution in [0.15, 0.2) is 40.9 Å². The van der Waals surface area contributed by atoms with Gasteiger partial charge in [0.05, 0.1) is 16.9 Å². The number of fused-ring (bicyclic) bond motifs is 2. The van der Waals surface area contributed by atoms with E-state index in [0.717, 1.165) is 42.3 Å². The summed E-state index contributed by atoms with van der Waals surface area (Å²) in [5.41, 5.74) is 11.8. The second kappa shape index (κ2) is 6.62. The highest BCUT2D eigenvalue weighted by molar-refractivity contribution is 9.10. The first-order valence-electron chi connectivity index (χ1n) is 8.51. The maximum Gasteiger partial charge on any atom is 0.267 e. The summed E-state index contributed by atoms with van der Waals surface area (Å²) in [5.74, 6) is -0.224. The topological polar surface area (TPSA) is 68.0 Å². The maximum atomic E-state index is 12.8. The van der Waals surface area contributed by atoms with Gasteiger partial charge in [-0.3, -0.25) is 4.79 Å². The predicted octanol–water partition coefficient (Wildman–Crippen LogP) is 5.97. The van der Waals surface area contributed by atoms with E-state index in [9.17, 15) is 4.79 Å². The van der Waals surface area contributed by atoms with Crippen molar-refractivity contribution in [1.82, 2.24) is 4.98 Å². The van der Waals surface area contributed by atoms with E-state index in [1.54, 1.807) is 0 Å². The molecule has 2 aromatic heterocycles. The van der Waals surface area contributed by atoms with Gasteiger partial charge in [-0.1, -0.05) is 18.2 Å². The number of carbonyl (C=O) groups excluding carboxylic acids is 1. The number of anilines is 2. The zero-order chi connectivity index (χ0) is 19.3. The molecule has 27 heavy (non-hydrogen) atoms. The molecule has 0 bridgehead atoms. The highest BCUT2D eigenvalue weighted by Crippen LogP contribution is 2.36. The van der Waals surface area contributed by atoms with Crippen molar-refractivity contribution in [3.8, 4) is 0 Å². The number of carbonyl (C=O) groups is 1. The monoisotopic (exact) mass is 439 g/mol. The molecule has 0 radical (unpaired) electrons. The van der Waals surface area contributed by atoms with Crippen molar-refractivity contribution in [2.24, 2.45) is 0 Å². The Morgan fingerprint density at radius 2 is 1.81 bits per heavy atom. The molecule has 0 unspecified atom stereocenters. The average Bonchev–Trinajstić information content (AvgIpc) is 2.96. The van der Waals surface area contributed by atoms with Gasteiger partial charge < -0.3 is 11.1 Å². The Bertz CT molecular complexity index is 1230. The number of nitrogen functional groups attached to an aromatic ring is 1. The molecule has 0 aliphatic rings. The fraction of sp³-hybridized carbons (Fsp3) is 0.143. The number of nitrogens with two attached hydrogens (primary N) is 1. The zero-order valence-corrected chi connectivity index (χ0v) is 17.6. The number of amides is 1. The lowest BCUT2D eigenvalue weighted by Crippen LogP contribution is -2.12. The summed E-state index contributed by atoms with van der Waals surface area (Å²) in [6.07, 6.45) is 0. The fourth-order valence-corrected chi connectivity index (χ4v) is 4.70. The van der Waals surface area contributed by atoms with Crippen molar-refractivity contribution >= 4 is 65.7 Å². The molecule has 0 saturated carbocycles. The summed E-state index contributed by atoms with van der Waals surface area (Å²) in [6.45, 7) is 6.10. The van der Waals surface area contributed by atoms with E-state index in [1.807, 2.05) is 38.1 Å². The Morgan fingerprint density at radius 3 is 2.56 bits per heavy atom. The number of nitrogens with one attached hydrogen (secondary N) is 1. The molecule has 0 aliphatic heterocycles. The van der Waals surface area contributed by atoms with Gasteiger partial charge in [-0.05, 0) is 71.6 Å². The van der Waals surface area contributed by atoms with E-state index >= 15 is 0 Å². The Morgan fingerprint density at radius 1 is 1.07 bits per heavy atom. The fourth-order valence-electron chi connectivity index (χ4n) is 3.13. The smallest absolute Gasteiger partial charge is 0.267 e. The van der Waals surface area contributed by atoms with Crippen LogP contribution in [0, 0.1) is 20.8 Å². The van der Waals surface area contributed by atoms with E-state index in [1.165, 1.54) is 11.3 Å². The summed E-state index contributed by atoms with van der Waals surface area (Å²) < 4.78 is 0.839. The van der Waals surface area contributed by atoms with Gasteiger partial charge in [-0.2, -0.15) is 0 Å². The quantitative estimate of drug-likeness (QED) is 0.404. The molecule has 2 aromatic carbocycles. The molecular formula is C21H18BrN3OS. The molecule has 1 amide bonds. The van der Waals surface area contributed by atoms with Crippen LogP contribution >= 0.6 is 27.3 Å². The van der Waals surface area contributed by atoms with E-state index in [0.29, 0.717) is 16.3 Å². The molecule has 0 fully saturated rings. The van der Waals surface area contributed by atoms with Crippen LogP contribution in [0.3, 0.4) is 0 Å². The summed E-state index contributed by atoms with van der Waals surface area (Å²) >= 11 is 4.82. The maximum absolute atomic E-state index is 12.8. The number of aryl methyl sites for hydroxylation is 3. The minimum absolute atomic E-state index is 0.224. The van der Waals surface area contributed by atoms with Crippen molar-refractivity contribution in [3.63, 3.8) is 0 Å². The van der Waals surface area contributed by atoms with Gasteiger partial charge in [0, 0.05) is 15.2 Å². The van der Waals surface area contributed by atoms with E-state index < -0.39 is 0 Å². The number of hydrogen-bond acceptors (Lipinski definition) is 4. The van der Waals surface area contributed by atoms with Crippen LogP contribution in [0.5, 0.6) is 0 Å². The van der Waals surface area contributed by atoms with Crippen molar-refractivity contribution in [3.05, 3.63) is 62.4 Å². The van der Waals surface area contributed by atoms with Gasteiger partial charge in [0.15, 0.2) is 0 Å². The Hall–Kier alpha value is -2.44. The molecule has 0 spiro atoms. The lowest BCUT2D eigenvalue weighted by Gasteiger charge is -2.07. The number of thiophene rings is 1. The zero-order valence-electron chi connectivity index (χ0n) is 15.2. The van der Waals surface area contributed by atoms with Crippen molar-refractivity contribution in [2.45, 2.75) is 20.8 Å². The number of halogens is 1. The third-order valence-electron chi connectivity index (χ3n) is 4.68. The SMILES string of the molecule is Cc1ccc(NC(=O)c2sc3nc4c(C)ccc(C)c4cc3c2N)c(Br)c1. The molecule has 136 valence electrons. The Balaban J connectivity index is 1.81. The van der Waals surface area contributed by atoms with Gasteiger partial charge >= 0.3 is 0 Å². The molecule has 6 heteroatoms. The molecule has 4 aromatic rings. The van der Waals surface area contributed by atoms with E-state index in [-0.39, 0.29) is 5.91 Å². The van der Waals surface area contributed by atoms with Gasteiger partial charge in [0.1, 0.15) is 9.71 Å². The highest BCUT2D eigenvalue weighted by atomic mass is 79.9. The van der Waals surface area contributed by atoms with Gasteiger partial charge in [0.2, 0.25) is 0 Å². The standard InChI is InChI=1S/C21H18BrN3OS/c1-10-4-7-16(15(22)8-10)24-20(26)19-17(23)14-9-13-11(2)5-6-12(3)18(13)25-21(14)27-19/h4-9H,23H2,1-3H3,(H,24,26). The van der Waals surface area contributed by atoms with Crippen LogP contribution in [-0.2, 0) is 0 Å². The van der Waals surface area contributed by atoms with Gasteiger partial charge in [-0.15, -0.1) is 11.3 Å². The molecule has 3 N–H and O–H groups in total. The molecule has 0 aliphatic carbocycles. The van der Waals surface area contributed by atoms with Crippen LogP contribution in [0.2, 0.25) is 0 Å². The molecule has 0 saturated heterocycles. The third kappa shape index (κ3) is 3.09. The minimum Gasteiger partial charge on any atom is -0.397 e. The van der Waals surface area contributed by atoms with Crippen molar-refractivity contribution < 1.29 is 4.79 Å². The van der Waals surface area contributed by atoms with Crippen molar-refractivity contribution in [1.29, 1.82) is 0 Å². The molecule has 0 atom stereocenters. The van der Waals surface area contributed by atoms with Crippen molar-refractivity contribution in [2.75, 3.05) is 11.1 Å². The minimum atomic E-state index is -0.224. The first-order valence-corrected chi connectivity index (χ1v) is 10.1. The summed E-state index contributed by atoms with van der Waals surface area (Å²) in [5, 5.41) is 4.83. The lowest BCUT2D eigenvalue weighted by molar-refractivity contribution is 0.103. The number of benzene rings is 2. The Kier molecular flexibility index (Phi) is 4.40. The summed E-state index contributed by atoms with van der Waals surface area (Å²) in [4.78, 5) is 18.9. The summed E-state index contributed by atoms with van der Waals surface area (Å²) in [7, 11) is 0. The highest BCUT2D eigenvalue weighted by Gasteiger charge is 2.19. The van der Waals surface area contributed by atoms with Crippen LogP contribution in [0.1, 0.15) is 26.4 Å². The second-order valence-electron chi connectivity index (χ2n) is 6.72. The molecule has 2 heterocycles. The summed E-state index contributed by atoms with van der Waals surface area (Å²) in [6, 6.07) is 12.0. The number of pyridine rings is 1. The Labute approximate surface area is 169 Å². The number of nitrogens with zero attached hydrogens (tertiary/aromatic N) is 1. The molecule has 4 rings (SSSR count). The predicted molar refractivity (Wildman–Crippen MR) is 118 cm³/mol. The van der Waals surface area contributed by atoms with Crippen LogP contribution in [0.4, 0.5) is 11.4 Å². The normalized spacial score (nSPS) is 11.3. The number of hydrogen-bond donors (Lipinski definition) is 2. The van der Waals surface area contributed by atoms with Gasteiger partial charge in [-0.25, -0.2) is 4.98 Å². The van der Waals surface area contributed by atoms with E-state index in [2.05, 4.69) is 40.3 Å². The lowest BCUT2D eigenvalue weighted by atomic mass is 10.0. The number of rotatable bonds is 2. The average molecular weight is 440 g/mol. The first-order chi connectivity index (χ1) is 12.8. The van der Waals surface area contributed by atoms with Crippen LogP contribution in [0.25, 0.3) is 21.1 Å². The molecule has 4 nitrogen and oxygen atoms in total. The number of aromatic nitrogens is 1. The second-order valence-corrected chi connectivity index (χ2v) is 8.57. The van der Waals surface area contributed by atoms with Crippen LogP contribution < -0.4 is 11.1 Å². The first kappa shape index (κ1) is 17.9. The van der Waals surface area contributed by atoms with Crippen LogP contribution in [-0.4, -0.2) is 10.9 Å². The molecular weight excluding hydrogens is 422 g/mol. The largest absolute Gasteiger partial charge is 0.397 e. The van der Waals surface area contributed by atoms with E-state index in [4.69, 9.17) is 10.7 Å². The van der Waals surface area contributed by atoms with Gasteiger partial charge in [0.25, 0.3) is 5.91 Å². The third-order valence-corrected chi connectivity index (χ3v) is 6.45.